The summed E-state index contributed by atoms with van der Waals surface area (Å²) in [5, 5.41) is 10.3. The van der Waals surface area contributed by atoms with Crippen LogP contribution in [0.15, 0.2) is 82.4 Å². The largest absolute Gasteiger partial charge is 0.514 e. The molecule has 4 aromatic rings. The van der Waals surface area contributed by atoms with Crippen LogP contribution in [0, 0.1) is 0 Å². The SMILES string of the molecule is CC(C)(C)OC(=O)Oc1ccc(-c2ccc(=O)[nH]n2)cc1.CC(C)(C)OC(=O)Oc1ccc(-c2ccc(=O)n(C(=O)OC(C)(C)C)n2)cc1. The highest BCUT2D eigenvalue weighted by molar-refractivity contribution is 5.71. The van der Waals surface area contributed by atoms with Crippen molar-refractivity contribution in [1.82, 2.24) is 20.0 Å². The van der Waals surface area contributed by atoms with Crippen LogP contribution in [0.25, 0.3) is 22.5 Å². The number of aromatic amines is 1. The van der Waals surface area contributed by atoms with Crippen LogP contribution in [0.5, 0.6) is 11.5 Å². The van der Waals surface area contributed by atoms with Gasteiger partial charge in [-0.2, -0.15) is 10.2 Å². The van der Waals surface area contributed by atoms with Gasteiger partial charge in [-0.05, 0) is 123 Å². The molecule has 0 unspecified atom stereocenters. The van der Waals surface area contributed by atoms with E-state index in [2.05, 4.69) is 15.3 Å². The van der Waals surface area contributed by atoms with Gasteiger partial charge in [-0.15, -0.1) is 4.68 Å². The first kappa shape index (κ1) is 37.7. The molecule has 0 aliphatic carbocycles. The monoisotopic (exact) mass is 676 g/mol. The van der Waals surface area contributed by atoms with Crippen LogP contribution in [0.1, 0.15) is 62.3 Å². The Balaban J connectivity index is 0.000000276. The maximum Gasteiger partial charge on any atom is 0.514 e. The van der Waals surface area contributed by atoms with E-state index in [0.29, 0.717) is 33.1 Å². The zero-order valence-corrected chi connectivity index (χ0v) is 28.9. The Morgan fingerprint density at radius 3 is 1.41 bits per heavy atom. The minimum atomic E-state index is -0.857. The van der Waals surface area contributed by atoms with E-state index in [1.54, 1.807) is 117 Å². The second-order valence-corrected chi connectivity index (χ2v) is 13.4. The van der Waals surface area contributed by atoms with E-state index in [0.717, 1.165) is 5.56 Å². The van der Waals surface area contributed by atoms with Crippen LogP contribution in [-0.2, 0) is 14.2 Å². The molecule has 14 nitrogen and oxygen atoms in total. The van der Waals surface area contributed by atoms with Crippen LogP contribution >= 0.6 is 0 Å². The average molecular weight is 677 g/mol. The van der Waals surface area contributed by atoms with Gasteiger partial charge in [0, 0.05) is 23.3 Å². The predicted molar refractivity (Wildman–Crippen MR) is 180 cm³/mol. The van der Waals surface area contributed by atoms with Crippen molar-refractivity contribution in [2.75, 3.05) is 0 Å². The minimum absolute atomic E-state index is 0.261. The molecule has 2 heterocycles. The van der Waals surface area contributed by atoms with Gasteiger partial charge >= 0.3 is 18.4 Å². The molecule has 14 heteroatoms. The van der Waals surface area contributed by atoms with E-state index < -0.39 is 40.8 Å². The third-order valence-electron chi connectivity index (χ3n) is 5.53. The summed E-state index contributed by atoms with van der Waals surface area (Å²) in [6.07, 6.45) is -2.42. The molecule has 2 aromatic heterocycles. The Morgan fingerprint density at radius 1 is 0.571 bits per heavy atom. The van der Waals surface area contributed by atoms with Crippen molar-refractivity contribution >= 4 is 18.4 Å². The van der Waals surface area contributed by atoms with Crippen LogP contribution in [0.3, 0.4) is 0 Å². The lowest BCUT2D eigenvalue weighted by atomic mass is 10.1. The Morgan fingerprint density at radius 2 is 1.00 bits per heavy atom. The summed E-state index contributed by atoms with van der Waals surface area (Å²) in [7, 11) is 0. The van der Waals surface area contributed by atoms with E-state index >= 15 is 0 Å². The van der Waals surface area contributed by atoms with Gasteiger partial charge in [-0.1, -0.05) is 0 Å². The molecule has 0 radical (unpaired) electrons. The van der Waals surface area contributed by atoms with Crippen LogP contribution in [0.4, 0.5) is 14.4 Å². The Hall–Kier alpha value is -5.79. The number of hydrogen-bond acceptors (Lipinski definition) is 12. The van der Waals surface area contributed by atoms with Crippen molar-refractivity contribution in [3.05, 3.63) is 93.5 Å². The van der Waals surface area contributed by atoms with E-state index in [1.165, 1.54) is 18.2 Å². The highest BCUT2D eigenvalue weighted by atomic mass is 16.7. The third-order valence-corrected chi connectivity index (χ3v) is 5.53. The number of benzene rings is 2. The van der Waals surface area contributed by atoms with Crippen molar-refractivity contribution < 1.29 is 38.1 Å². The smallest absolute Gasteiger partial charge is 0.442 e. The Labute approximate surface area is 282 Å². The van der Waals surface area contributed by atoms with Gasteiger partial charge in [-0.3, -0.25) is 9.59 Å². The molecule has 2 aromatic carbocycles. The normalized spacial score (nSPS) is 11.4. The fourth-order valence-corrected chi connectivity index (χ4v) is 3.63. The Bertz CT molecular complexity index is 1860. The van der Waals surface area contributed by atoms with Gasteiger partial charge in [-0.25, -0.2) is 19.5 Å². The number of nitrogens with one attached hydrogen (secondary N) is 1. The van der Waals surface area contributed by atoms with E-state index in [9.17, 15) is 24.0 Å². The molecule has 0 aliphatic heterocycles. The van der Waals surface area contributed by atoms with E-state index in [-0.39, 0.29) is 5.56 Å². The molecule has 0 aliphatic rings. The quantitative estimate of drug-likeness (QED) is 0.137. The van der Waals surface area contributed by atoms with Gasteiger partial charge < -0.3 is 23.7 Å². The molecule has 4 rings (SSSR count). The van der Waals surface area contributed by atoms with Crippen LogP contribution in [0.2, 0.25) is 0 Å². The highest BCUT2D eigenvalue weighted by Crippen LogP contribution is 2.22. The number of rotatable bonds is 4. The lowest BCUT2D eigenvalue weighted by Gasteiger charge is -2.19. The van der Waals surface area contributed by atoms with Crippen LogP contribution in [-0.4, -0.2) is 55.2 Å². The number of H-pyrrole nitrogens is 1. The fourth-order valence-electron chi connectivity index (χ4n) is 3.63. The molecular formula is C35H40N4O10. The summed E-state index contributed by atoms with van der Waals surface area (Å²) in [4.78, 5) is 58.3. The van der Waals surface area contributed by atoms with Gasteiger partial charge in [0.15, 0.2) is 0 Å². The summed E-state index contributed by atoms with van der Waals surface area (Å²) in [5.74, 6) is 0.663. The first-order chi connectivity index (χ1) is 22.7. The lowest BCUT2D eigenvalue weighted by Crippen LogP contribution is -2.35. The molecule has 0 saturated carbocycles. The second-order valence-electron chi connectivity index (χ2n) is 13.4. The molecule has 0 spiro atoms. The molecule has 260 valence electrons. The second kappa shape index (κ2) is 15.4. The van der Waals surface area contributed by atoms with Gasteiger partial charge in [0.1, 0.15) is 28.3 Å². The minimum Gasteiger partial charge on any atom is -0.442 e. The predicted octanol–water partition coefficient (Wildman–Crippen LogP) is 6.76. The number of carbonyl (C=O) groups is 3. The molecule has 0 fully saturated rings. The summed E-state index contributed by atoms with van der Waals surface area (Å²) >= 11 is 0. The summed E-state index contributed by atoms with van der Waals surface area (Å²) in [6.45, 7) is 15.6. The number of aromatic nitrogens is 4. The molecule has 1 N–H and O–H groups in total. The van der Waals surface area contributed by atoms with Crippen molar-refractivity contribution in [1.29, 1.82) is 0 Å². The van der Waals surface area contributed by atoms with Gasteiger partial charge in [0.2, 0.25) is 0 Å². The number of hydrogen-bond donors (Lipinski definition) is 1. The zero-order chi connectivity index (χ0) is 36.6. The topological polar surface area (TPSA) is 178 Å². The van der Waals surface area contributed by atoms with Crippen molar-refractivity contribution in [3.8, 4) is 34.0 Å². The Kier molecular flexibility index (Phi) is 11.8. The maximum absolute atomic E-state index is 12.2. The fraction of sp³-hybridized carbons (Fsp3) is 0.343. The third kappa shape index (κ3) is 13.1. The van der Waals surface area contributed by atoms with Crippen molar-refractivity contribution in [2.45, 2.75) is 79.1 Å². The van der Waals surface area contributed by atoms with Crippen LogP contribution < -0.4 is 20.6 Å². The number of carbonyl (C=O) groups excluding carboxylic acids is 3. The van der Waals surface area contributed by atoms with E-state index in [4.69, 9.17) is 23.7 Å². The van der Waals surface area contributed by atoms with Gasteiger partial charge in [0.25, 0.3) is 11.1 Å². The molecule has 0 amide bonds. The number of ether oxygens (including phenoxy) is 5. The number of nitrogens with zero attached hydrogens (tertiary/aromatic N) is 3. The van der Waals surface area contributed by atoms with Gasteiger partial charge in [0.05, 0.1) is 11.4 Å². The first-order valence-electron chi connectivity index (χ1n) is 15.1. The molecule has 0 atom stereocenters. The lowest BCUT2D eigenvalue weighted by molar-refractivity contribution is 0.0193. The zero-order valence-electron chi connectivity index (χ0n) is 28.9. The standard InChI is InChI=1S/C20H24N2O6.C15H16N2O4/c1-19(2,3)27-17(24)22-16(23)12-11-15(21-22)13-7-9-14(10-8-13)26-18(25)28-20(4,5)6;1-15(2,3)21-14(19)20-11-6-4-10(5-7-11)12-8-9-13(18)17-16-12/h7-12H,1-6H3;4-9H,1-3H3,(H,17,18). The highest BCUT2D eigenvalue weighted by Gasteiger charge is 2.21. The molecular weight excluding hydrogens is 636 g/mol. The van der Waals surface area contributed by atoms with Crippen molar-refractivity contribution in [3.63, 3.8) is 0 Å². The maximum atomic E-state index is 12.2. The average Bonchev–Trinajstić information content (AvgIpc) is 2.96. The van der Waals surface area contributed by atoms with Crippen molar-refractivity contribution in [2.24, 2.45) is 0 Å². The molecule has 49 heavy (non-hydrogen) atoms. The van der Waals surface area contributed by atoms with E-state index in [1.807, 2.05) is 0 Å². The first-order valence-corrected chi connectivity index (χ1v) is 15.1. The molecule has 0 bridgehead atoms. The summed E-state index contributed by atoms with van der Waals surface area (Å²) in [5.41, 5.74) is -0.446. The summed E-state index contributed by atoms with van der Waals surface area (Å²) in [6, 6.07) is 18.9. The molecule has 0 saturated heterocycles. The summed E-state index contributed by atoms with van der Waals surface area (Å²) < 4.78 is 26.2.